The van der Waals surface area contributed by atoms with Gasteiger partial charge in [-0.15, -0.1) is 0 Å². The Bertz CT molecular complexity index is 2660. The summed E-state index contributed by atoms with van der Waals surface area (Å²) in [5, 5.41) is 227. The van der Waals surface area contributed by atoms with Crippen LogP contribution in [0.2, 0.25) is 0 Å². The quantitative estimate of drug-likeness (QED) is 0.0400. The smallest absolute Gasteiger partial charge is 0.187 e. The van der Waals surface area contributed by atoms with E-state index in [1.807, 2.05) is 0 Å². The molecule has 21 N–H and O–H groups in total. The van der Waals surface area contributed by atoms with Gasteiger partial charge in [0, 0.05) is 12.0 Å². The van der Waals surface area contributed by atoms with E-state index in [9.17, 15) is 107 Å². The number of ether oxygens (including phenoxy) is 12. The second-order valence-corrected chi connectivity index (χ2v) is 31.8. The number of hydrogen-bond acceptors (Lipinski definition) is 33. The molecule has 10 aliphatic rings. The van der Waals surface area contributed by atoms with Crippen molar-refractivity contribution in [3.8, 4) is 0 Å². The maximum absolute atomic E-state index is 12.1. The van der Waals surface area contributed by atoms with Gasteiger partial charge >= 0.3 is 0 Å². The van der Waals surface area contributed by atoms with E-state index in [4.69, 9.17) is 56.8 Å². The Morgan fingerprint density at radius 3 is 1.44 bits per heavy atom. The lowest BCUT2D eigenvalue weighted by molar-refractivity contribution is -0.391. The zero-order chi connectivity index (χ0) is 73.4. The van der Waals surface area contributed by atoms with Crippen LogP contribution in [-0.4, -0.2) is 349 Å². The summed E-state index contributed by atoms with van der Waals surface area (Å²) in [6.45, 7) is 12.5. The Morgan fingerprint density at radius 2 is 0.900 bits per heavy atom. The number of rotatable bonds is 24. The van der Waals surface area contributed by atoms with Crippen LogP contribution in [0.3, 0.4) is 0 Å². The molecule has 10 rings (SSSR count). The largest absolute Gasteiger partial charge is 0.396 e. The summed E-state index contributed by atoms with van der Waals surface area (Å²) in [5.41, 5.74) is -1.47. The molecule has 0 aromatic carbocycles. The van der Waals surface area contributed by atoms with Gasteiger partial charge in [0.1, 0.15) is 140 Å². The van der Waals surface area contributed by atoms with Gasteiger partial charge in [-0.25, -0.2) is 0 Å². The minimum Gasteiger partial charge on any atom is -0.396 e. The van der Waals surface area contributed by atoms with E-state index >= 15 is 0 Å². The molecule has 39 atom stereocenters. The summed E-state index contributed by atoms with van der Waals surface area (Å²) < 4.78 is 71.7. The van der Waals surface area contributed by atoms with Gasteiger partial charge in [0.05, 0.1) is 56.9 Å². The molecule has 6 saturated heterocycles. The van der Waals surface area contributed by atoms with E-state index in [0.717, 1.165) is 38.5 Å². The number of aliphatic hydroxyl groups excluding tert-OH is 20. The molecule has 100 heavy (non-hydrogen) atoms. The fourth-order valence-corrected chi connectivity index (χ4v) is 18.7. The molecule has 0 bridgehead atoms. The second-order valence-electron chi connectivity index (χ2n) is 31.8. The number of aliphatic hydroxyl groups is 21. The van der Waals surface area contributed by atoms with Crippen LogP contribution in [0, 0.1) is 45.3 Å². The maximum Gasteiger partial charge on any atom is 0.187 e. The van der Waals surface area contributed by atoms with Crippen LogP contribution in [-0.2, 0) is 56.8 Å². The molecule has 4 aliphatic carbocycles. The molecule has 580 valence electrons. The Labute approximate surface area is 580 Å². The summed E-state index contributed by atoms with van der Waals surface area (Å²) in [7, 11) is 0. The number of fused-ring (bicyclic) bond motifs is 5. The minimum absolute atomic E-state index is 0.0286. The summed E-state index contributed by atoms with van der Waals surface area (Å²) in [4.78, 5) is 0. The van der Waals surface area contributed by atoms with Crippen LogP contribution >= 0.6 is 0 Å². The van der Waals surface area contributed by atoms with E-state index in [2.05, 4.69) is 47.6 Å². The van der Waals surface area contributed by atoms with Crippen molar-refractivity contribution in [1.29, 1.82) is 0 Å². The monoisotopic (exact) mass is 1450 g/mol. The third-order valence-corrected chi connectivity index (χ3v) is 25.2. The standard InChI is InChI=1S/C67H114O33/c1-26(27-15-17-67(8)36-12-10-28-29(65(36,6)18-19-66(27,67)7)11-14-37(63(28,2)3)97-59-52(85)47(80)42(75)34(95-59)24-90-58-51(84)45(78)40(73)31(21-69)92-58)9-13-38(64(4,5)88)98-62-56(48(81)43(76)35(96-62)25-89-57-50(83)44(77)39(72)30(91-57)16-20-68)100-61-54(87)49(82)55(33(23-71)94-61)99-60-53(86)46(79)41(74)32(22-70)93-60/h10,26-27,29-62,68-88H,9,11-25H2,1-8H3/t26?,27?,29-,30-,31-,32-,33-,34-,35-,36-,37+,38-,39-,40-,41?,42-,43-,44+,45+,46+,47+,48+,49-,50-,51-,52-,53?,54-,55-,56-,57-,58-,59+,60+,61+,62+,65+,66-,67+/m1/s1. The van der Waals surface area contributed by atoms with Gasteiger partial charge in [-0.1, -0.05) is 53.2 Å². The van der Waals surface area contributed by atoms with E-state index in [1.54, 1.807) is 0 Å². The first kappa shape index (κ1) is 80.9. The van der Waals surface area contributed by atoms with E-state index in [0.29, 0.717) is 12.8 Å². The van der Waals surface area contributed by atoms with Crippen molar-refractivity contribution < 1.29 is 164 Å². The van der Waals surface area contributed by atoms with Gasteiger partial charge < -0.3 is 164 Å². The summed E-state index contributed by atoms with van der Waals surface area (Å²) in [6, 6.07) is 0. The first-order valence-electron chi connectivity index (χ1n) is 35.5. The lowest BCUT2D eigenvalue weighted by Crippen LogP contribution is -2.67. The van der Waals surface area contributed by atoms with Gasteiger partial charge in [0.15, 0.2) is 37.7 Å². The third-order valence-electron chi connectivity index (χ3n) is 25.2. The highest BCUT2D eigenvalue weighted by Gasteiger charge is 2.68. The number of allylic oxidation sites excluding steroid dienone is 1. The molecule has 0 aromatic rings. The number of hydrogen-bond donors (Lipinski definition) is 21. The average molecular weight is 1450 g/mol. The zero-order valence-corrected chi connectivity index (χ0v) is 58.0. The molecule has 6 aliphatic heterocycles. The maximum atomic E-state index is 12.1. The highest BCUT2D eigenvalue weighted by Crippen LogP contribution is 2.75. The van der Waals surface area contributed by atoms with Crippen molar-refractivity contribution >= 4 is 0 Å². The van der Waals surface area contributed by atoms with Crippen molar-refractivity contribution in [2.45, 2.75) is 322 Å². The van der Waals surface area contributed by atoms with Crippen LogP contribution in [0.5, 0.6) is 0 Å². The highest BCUT2D eigenvalue weighted by atomic mass is 16.8. The van der Waals surface area contributed by atoms with Crippen molar-refractivity contribution in [3.63, 3.8) is 0 Å². The van der Waals surface area contributed by atoms with Crippen molar-refractivity contribution in [3.05, 3.63) is 11.6 Å². The molecule has 33 heteroatoms. The summed E-state index contributed by atoms with van der Waals surface area (Å²) in [5.74, 6) is 0.649. The van der Waals surface area contributed by atoms with Crippen molar-refractivity contribution in [1.82, 2.24) is 0 Å². The average Bonchev–Trinajstić information content (AvgIpc) is 1.38. The zero-order valence-electron chi connectivity index (χ0n) is 58.0. The molecule has 6 heterocycles. The van der Waals surface area contributed by atoms with E-state index in [1.165, 1.54) is 19.4 Å². The lowest BCUT2D eigenvalue weighted by atomic mass is 9.39. The Kier molecular flexibility index (Phi) is 25.8. The van der Waals surface area contributed by atoms with Crippen LogP contribution in [0.15, 0.2) is 11.6 Å². The molecule has 0 spiro atoms. The Hall–Kier alpha value is -1.58. The highest BCUT2D eigenvalue weighted by molar-refractivity contribution is 5.30. The fourth-order valence-electron chi connectivity index (χ4n) is 18.7. The first-order chi connectivity index (χ1) is 46.9. The Morgan fingerprint density at radius 1 is 0.460 bits per heavy atom. The first-order valence-corrected chi connectivity index (χ1v) is 35.5. The van der Waals surface area contributed by atoms with Crippen molar-refractivity contribution in [2.24, 2.45) is 45.3 Å². The second kappa shape index (κ2) is 31.9. The van der Waals surface area contributed by atoms with Crippen LogP contribution in [0.4, 0.5) is 0 Å². The van der Waals surface area contributed by atoms with Crippen LogP contribution in [0.1, 0.15) is 120 Å². The normalized spacial score (nSPS) is 51.3. The van der Waals surface area contributed by atoms with Crippen molar-refractivity contribution in [2.75, 3.05) is 39.6 Å². The molecular formula is C67H114O33. The summed E-state index contributed by atoms with van der Waals surface area (Å²) in [6.07, 6.45) is -44.3. The van der Waals surface area contributed by atoms with Gasteiger partial charge in [-0.2, -0.15) is 0 Å². The summed E-state index contributed by atoms with van der Waals surface area (Å²) >= 11 is 0. The van der Waals surface area contributed by atoms with Gasteiger partial charge in [-0.05, 0) is 118 Å². The predicted molar refractivity (Wildman–Crippen MR) is 336 cm³/mol. The molecule has 4 unspecified atom stereocenters. The lowest BCUT2D eigenvalue weighted by Gasteiger charge is -2.66. The molecule has 33 nitrogen and oxygen atoms in total. The van der Waals surface area contributed by atoms with Gasteiger partial charge in [0.2, 0.25) is 0 Å². The SMILES string of the molecule is CC(CC[C@@H](O[C@@H]1O[C@H](CO[C@@H]2O[C@H](CCO)[C@@H](O)[C@H](O)[C@H]2O)[C@@H](O)[C@H](O)[C@H]1O[C@@H]1O[C@H](CO)[C@@H](O[C@@H]2O[C@H](CO)C(O)[C@H](O)C2O)[C@H](O)[C@H]1O)C(C)(C)O)C1CC[C@@]2(C)[C@@H]3CC=C4[C@@H](CC[C@H](O[C@@H]5O[C@H](CO[C@@H]6O[C@H](CO)[C@@H](O)[C@H](O)[C@H]6O)[C@@H](O)[C@H](O)[C@H]5O)C4(C)C)[C@]3(C)CC[C@]12C. The predicted octanol–water partition coefficient (Wildman–Crippen LogP) is -6.16. The minimum atomic E-state index is -2.12. The molecule has 0 amide bonds. The van der Waals surface area contributed by atoms with E-state index < -0.39 is 247 Å². The topological polar surface area (TPSA) is 536 Å². The fraction of sp³-hybridized carbons (Fsp3) is 0.970. The van der Waals surface area contributed by atoms with E-state index in [-0.39, 0.29) is 52.8 Å². The molecule has 3 saturated carbocycles. The Balaban J connectivity index is 0.824. The van der Waals surface area contributed by atoms with Gasteiger partial charge in [0.25, 0.3) is 0 Å². The molecule has 0 aromatic heterocycles. The van der Waals surface area contributed by atoms with Gasteiger partial charge in [-0.3, -0.25) is 0 Å². The third kappa shape index (κ3) is 15.2. The van der Waals surface area contributed by atoms with Crippen LogP contribution in [0.25, 0.3) is 0 Å². The molecule has 0 radical (unpaired) electrons. The van der Waals surface area contributed by atoms with Crippen LogP contribution < -0.4 is 0 Å². The molecule has 9 fully saturated rings. The molecular weight excluding hydrogens is 1330 g/mol.